The third-order valence-electron chi connectivity index (χ3n) is 4.72. The average Bonchev–Trinajstić information content (AvgIpc) is 3.13. The van der Waals surface area contributed by atoms with Crippen LogP contribution in [0.5, 0.6) is 0 Å². The van der Waals surface area contributed by atoms with Crippen LogP contribution in [0.4, 0.5) is 10.5 Å². The highest BCUT2D eigenvalue weighted by molar-refractivity contribution is 5.92. The number of rotatable bonds is 1. The molecule has 1 spiro atoms. The molecule has 8 nitrogen and oxygen atoms in total. The van der Waals surface area contributed by atoms with E-state index >= 15 is 0 Å². The molecule has 24 heavy (non-hydrogen) atoms. The van der Waals surface area contributed by atoms with Gasteiger partial charge < -0.3 is 19.7 Å². The van der Waals surface area contributed by atoms with Crippen molar-refractivity contribution in [3.63, 3.8) is 0 Å². The summed E-state index contributed by atoms with van der Waals surface area (Å²) in [5, 5.41) is 8.23. The first-order valence-corrected chi connectivity index (χ1v) is 8.13. The Kier molecular flexibility index (Phi) is 3.65. The maximum atomic E-state index is 12.6. The molecule has 128 valence electrons. The van der Waals surface area contributed by atoms with Crippen molar-refractivity contribution in [2.24, 2.45) is 7.05 Å². The standard InChI is InChI=1S/C16H21N5O3/c1-11-13-7-12(8-17-14(13)20(2)19-11)18-15(22)21-4-6-24-16(9-21)3-5-23-10-16/h7-8H,3-6,9-10H2,1-2H3,(H,18,22). The molecule has 0 aliphatic carbocycles. The fraction of sp³-hybridized carbons (Fsp3) is 0.562. The molecule has 0 radical (unpaired) electrons. The molecule has 0 aromatic carbocycles. The third-order valence-corrected chi connectivity index (χ3v) is 4.72. The molecule has 0 saturated carbocycles. The summed E-state index contributed by atoms with van der Waals surface area (Å²) in [4.78, 5) is 18.8. The van der Waals surface area contributed by atoms with Gasteiger partial charge >= 0.3 is 6.03 Å². The van der Waals surface area contributed by atoms with E-state index in [0.29, 0.717) is 38.6 Å². The number of nitrogens with zero attached hydrogens (tertiary/aromatic N) is 4. The molecule has 4 heterocycles. The van der Waals surface area contributed by atoms with E-state index < -0.39 is 0 Å². The lowest BCUT2D eigenvalue weighted by Gasteiger charge is -2.39. The summed E-state index contributed by atoms with van der Waals surface area (Å²) in [6.07, 6.45) is 2.50. The molecule has 2 aliphatic heterocycles. The van der Waals surface area contributed by atoms with Gasteiger partial charge in [0.15, 0.2) is 5.65 Å². The SMILES string of the molecule is Cc1nn(C)c2ncc(NC(=O)N3CCOC4(CCOC4)C3)cc12. The normalized spacial score (nSPS) is 24.0. The highest BCUT2D eigenvalue weighted by atomic mass is 16.6. The number of ether oxygens (including phenoxy) is 2. The van der Waals surface area contributed by atoms with Gasteiger partial charge in [0.25, 0.3) is 0 Å². The van der Waals surface area contributed by atoms with Crippen molar-refractivity contribution < 1.29 is 14.3 Å². The minimum absolute atomic E-state index is 0.132. The molecule has 2 aromatic heterocycles. The minimum Gasteiger partial charge on any atom is -0.378 e. The fourth-order valence-corrected chi connectivity index (χ4v) is 3.42. The van der Waals surface area contributed by atoms with Crippen molar-refractivity contribution >= 4 is 22.8 Å². The molecule has 2 fully saturated rings. The van der Waals surface area contributed by atoms with Crippen LogP contribution < -0.4 is 5.32 Å². The number of pyridine rings is 1. The number of urea groups is 1. The maximum Gasteiger partial charge on any atom is 0.322 e. The number of anilines is 1. The van der Waals surface area contributed by atoms with Gasteiger partial charge in [-0.2, -0.15) is 5.10 Å². The third kappa shape index (κ3) is 2.61. The summed E-state index contributed by atoms with van der Waals surface area (Å²) >= 11 is 0. The maximum absolute atomic E-state index is 12.6. The zero-order valence-electron chi connectivity index (χ0n) is 13.9. The Labute approximate surface area is 139 Å². The second-order valence-electron chi connectivity index (χ2n) is 6.49. The average molecular weight is 331 g/mol. The lowest BCUT2D eigenvalue weighted by molar-refractivity contribution is -0.0964. The number of amides is 2. The number of aromatic nitrogens is 3. The number of nitrogens with one attached hydrogen (secondary N) is 1. The predicted molar refractivity (Wildman–Crippen MR) is 88.0 cm³/mol. The van der Waals surface area contributed by atoms with E-state index in [1.165, 1.54) is 0 Å². The summed E-state index contributed by atoms with van der Waals surface area (Å²) in [5.74, 6) is 0. The van der Waals surface area contributed by atoms with Crippen LogP contribution in [0.25, 0.3) is 11.0 Å². The molecular weight excluding hydrogens is 310 g/mol. The van der Waals surface area contributed by atoms with Gasteiger partial charge in [-0.1, -0.05) is 0 Å². The first-order valence-electron chi connectivity index (χ1n) is 8.13. The number of carbonyl (C=O) groups excluding carboxylic acids is 1. The number of morpholine rings is 1. The molecule has 4 rings (SSSR count). The van der Waals surface area contributed by atoms with E-state index in [9.17, 15) is 4.79 Å². The van der Waals surface area contributed by atoms with Gasteiger partial charge in [0, 0.05) is 32.0 Å². The molecular formula is C16H21N5O3. The Morgan fingerprint density at radius 1 is 1.42 bits per heavy atom. The van der Waals surface area contributed by atoms with Crippen LogP contribution in [-0.4, -0.2) is 64.2 Å². The van der Waals surface area contributed by atoms with Crippen LogP contribution in [0.3, 0.4) is 0 Å². The predicted octanol–water partition coefficient (Wildman–Crippen LogP) is 1.30. The van der Waals surface area contributed by atoms with Crippen molar-refractivity contribution in [3.05, 3.63) is 18.0 Å². The van der Waals surface area contributed by atoms with E-state index in [1.807, 2.05) is 20.0 Å². The Bertz CT molecular complexity index is 781. The van der Waals surface area contributed by atoms with Crippen molar-refractivity contribution in [3.8, 4) is 0 Å². The summed E-state index contributed by atoms with van der Waals surface area (Å²) in [6.45, 7) is 4.85. The molecule has 0 bridgehead atoms. The molecule has 2 saturated heterocycles. The monoisotopic (exact) mass is 331 g/mol. The Morgan fingerprint density at radius 2 is 2.29 bits per heavy atom. The van der Waals surface area contributed by atoms with Crippen LogP contribution in [-0.2, 0) is 16.5 Å². The van der Waals surface area contributed by atoms with E-state index in [1.54, 1.807) is 15.8 Å². The molecule has 2 amide bonds. The summed E-state index contributed by atoms with van der Waals surface area (Å²) in [7, 11) is 1.86. The molecule has 2 aliphatic rings. The van der Waals surface area contributed by atoms with Crippen LogP contribution in [0.15, 0.2) is 12.3 Å². The number of aryl methyl sites for hydroxylation is 2. The van der Waals surface area contributed by atoms with Crippen molar-refractivity contribution in [2.75, 3.05) is 38.2 Å². The van der Waals surface area contributed by atoms with Gasteiger partial charge in [0.1, 0.15) is 5.60 Å². The number of fused-ring (bicyclic) bond motifs is 1. The number of carbonyl (C=O) groups is 1. The number of hydrogen-bond donors (Lipinski definition) is 1. The first kappa shape index (κ1) is 15.3. The zero-order valence-corrected chi connectivity index (χ0v) is 13.9. The largest absolute Gasteiger partial charge is 0.378 e. The number of hydrogen-bond acceptors (Lipinski definition) is 5. The van der Waals surface area contributed by atoms with Crippen LogP contribution in [0, 0.1) is 6.92 Å². The molecule has 1 N–H and O–H groups in total. The van der Waals surface area contributed by atoms with Gasteiger partial charge in [-0.15, -0.1) is 0 Å². The first-order chi connectivity index (χ1) is 11.6. The minimum atomic E-state index is -0.336. The van der Waals surface area contributed by atoms with Crippen molar-refractivity contribution in [1.29, 1.82) is 0 Å². The molecule has 1 atom stereocenters. The van der Waals surface area contributed by atoms with Crippen molar-refractivity contribution in [1.82, 2.24) is 19.7 Å². The van der Waals surface area contributed by atoms with E-state index in [-0.39, 0.29) is 11.6 Å². The van der Waals surface area contributed by atoms with Crippen LogP contribution in [0.1, 0.15) is 12.1 Å². The zero-order chi connectivity index (χ0) is 16.7. The van der Waals surface area contributed by atoms with Gasteiger partial charge in [0.2, 0.25) is 0 Å². The van der Waals surface area contributed by atoms with Gasteiger partial charge in [-0.3, -0.25) is 4.68 Å². The topological polar surface area (TPSA) is 81.5 Å². The van der Waals surface area contributed by atoms with Crippen LogP contribution >= 0.6 is 0 Å². The summed E-state index contributed by atoms with van der Waals surface area (Å²) in [6, 6.07) is 1.78. The fourth-order valence-electron chi connectivity index (χ4n) is 3.42. The molecule has 8 heteroatoms. The second kappa shape index (κ2) is 5.71. The highest BCUT2D eigenvalue weighted by Crippen LogP contribution is 2.28. The smallest absolute Gasteiger partial charge is 0.322 e. The second-order valence-corrected chi connectivity index (χ2v) is 6.49. The van der Waals surface area contributed by atoms with Gasteiger partial charge in [0.05, 0.1) is 37.3 Å². The van der Waals surface area contributed by atoms with Crippen molar-refractivity contribution in [2.45, 2.75) is 18.9 Å². The summed E-state index contributed by atoms with van der Waals surface area (Å²) < 4.78 is 13.0. The lowest BCUT2D eigenvalue weighted by Crippen LogP contribution is -2.55. The van der Waals surface area contributed by atoms with E-state index in [2.05, 4.69) is 15.4 Å². The van der Waals surface area contributed by atoms with E-state index in [4.69, 9.17) is 9.47 Å². The van der Waals surface area contributed by atoms with Gasteiger partial charge in [-0.25, -0.2) is 9.78 Å². The highest BCUT2D eigenvalue weighted by Gasteiger charge is 2.41. The quantitative estimate of drug-likeness (QED) is 0.852. The summed E-state index contributed by atoms with van der Waals surface area (Å²) in [5.41, 5.74) is 2.04. The Morgan fingerprint density at radius 3 is 3.08 bits per heavy atom. The molecule has 1 unspecified atom stereocenters. The lowest BCUT2D eigenvalue weighted by atomic mass is 10.0. The Balaban J connectivity index is 1.50. The Hall–Kier alpha value is -2.19. The van der Waals surface area contributed by atoms with Gasteiger partial charge in [-0.05, 0) is 13.0 Å². The van der Waals surface area contributed by atoms with Crippen LogP contribution in [0.2, 0.25) is 0 Å². The van der Waals surface area contributed by atoms with E-state index in [0.717, 1.165) is 23.1 Å². The molecule has 2 aromatic rings.